The van der Waals surface area contributed by atoms with E-state index in [1.807, 2.05) is 60.7 Å². The number of aromatic nitrogens is 2. The molecule has 4 rings (SSSR count). The lowest BCUT2D eigenvalue weighted by molar-refractivity contribution is -0.120. The van der Waals surface area contributed by atoms with Gasteiger partial charge >= 0.3 is 0 Å². The van der Waals surface area contributed by atoms with Crippen molar-refractivity contribution in [3.63, 3.8) is 0 Å². The van der Waals surface area contributed by atoms with Gasteiger partial charge in [0.1, 0.15) is 12.4 Å². The number of rotatable bonds is 15. The normalized spacial score (nSPS) is 10.8. The highest BCUT2D eigenvalue weighted by Gasteiger charge is 2.12. The molecule has 8 nitrogen and oxygen atoms in total. The first kappa shape index (κ1) is 27.8. The van der Waals surface area contributed by atoms with E-state index in [4.69, 9.17) is 23.9 Å². The molecule has 0 fully saturated rings. The molecule has 1 aromatic heterocycles. The van der Waals surface area contributed by atoms with Crippen LogP contribution < -0.4 is 24.3 Å². The minimum absolute atomic E-state index is 0.000871. The Bertz CT molecular complexity index is 1370. The summed E-state index contributed by atoms with van der Waals surface area (Å²) in [6.45, 7) is 1.86. The Morgan fingerprint density at radius 3 is 2.33 bits per heavy atom. The third-order valence-corrected chi connectivity index (χ3v) is 6.59. The fraction of sp³-hybridized carbons (Fsp3) is 0.355. The standard InChI is InChI=1S/C31H37N3O5/c1-36-26-13-8-9-14-28(26)39-20-19-34-25-12-7-6-11-24(25)33-30(34)15-5-4-10-18-32-31(35)22-23-16-17-27(37-2)29(21-23)38-3/h6-9,11-14,16-17,21H,4-5,10,15,18-20,22H2,1-3H3,(H,32,35). The number of amides is 1. The number of hydrogen-bond donors (Lipinski definition) is 1. The van der Waals surface area contributed by atoms with Crippen molar-refractivity contribution < 1.29 is 23.7 Å². The molecular weight excluding hydrogens is 494 g/mol. The van der Waals surface area contributed by atoms with Crippen LogP contribution >= 0.6 is 0 Å². The zero-order chi connectivity index (χ0) is 27.5. The number of aryl methyl sites for hydroxylation is 1. The number of carbonyl (C=O) groups is 1. The van der Waals surface area contributed by atoms with E-state index < -0.39 is 0 Å². The maximum absolute atomic E-state index is 12.4. The van der Waals surface area contributed by atoms with E-state index in [2.05, 4.69) is 16.0 Å². The number of nitrogens with zero attached hydrogens (tertiary/aromatic N) is 2. The fourth-order valence-electron chi connectivity index (χ4n) is 4.60. The average Bonchev–Trinajstić information content (AvgIpc) is 3.32. The second-order valence-corrected chi connectivity index (χ2v) is 9.19. The summed E-state index contributed by atoms with van der Waals surface area (Å²) in [5.41, 5.74) is 2.99. The lowest BCUT2D eigenvalue weighted by Gasteiger charge is -2.13. The van der Waals surface area contributed by atoms with E-state index >= 15 is 0 Å². The Hall–Kier alpha value is -4.20. The van der Waals surface area contributed by atoms with E-state index in [0.29, 0.717) is 37.6 Å². The van der Waals surface area contributed by atoms with Gasteiger partial charge in [-0.3, -0.25) is 4.79 Å². The largest absolute Gasteiger partial charge is 0.493 e. The number of para-hydroxylation sites is 4. The van der Waals surface area contributed by atoms with Crippen molar-refractivity contribution in [2.75, 3.05) is 34.5 Å². The Balaban J connectivity index is 1.24. The molecule has 1 amide bonds. The van der Waals surface area contributed by atoms with Gasteiger partial charge in [-0.1, -0.05) is 36.8 Å². The van der Waals surface area contributed by atoms with Crippen LogP contribution in [0.2, 0.25) is 0 Å². The summed E-state index contributed by atoms with van der Waals surface area (Å²) in [5, 5.41) is 3.02. The summed E-state index contributed by atoms with van der Waals surface area (Å²) < 4.78 is 24.2. The van der Waals surface area contributed by atoms with Crippen LogP contribution in [0.3, 0.4) is 0 Å². The highest BCUT2D eigenvalue weighted by molar-refractivity contribution is 5.78. The molecule has 3 aromatic carbocycles. The van der Waals surface area contributed by atoms with Crippen molar-refractivity contribution >= 4 is 16.9 Å². The number of carbonyl (C=O) groups excluding carboxylic acids is 1. The van der Waals surface area contributed by atoms with Gasteiger partial charge in [0.05, 0.1) is 45.3 Å². The minimum atomic E-state index is -0.000871. The molecular formula is C31H37N3O5. The quantitative estimate of drug-likeness (QED) is 0.212. The average molecular weight is 532 g/mol. The molecule has 1 N–H and O–H groups in total. The van der Waals surface area contributed by atoms with Crippen LogP contribution in [0, 0.1) is 0 Å². The third kappa shape index (κ3) is 7.44. The Labute approximate surface area is 229 Å². The van der Waals surface area contributed by atoms with Crippen molar-refractivity contribution in [1.82, 2.24) is 14.9 Å². The monoisotopic (exact) mass is 531 g/mol. The van der Waals surface area contributed by atoms with Gasteiger partial charge in [0, 0.05) is 13.0 Å². The van der Waals surface area contributed by atoms with E-state index in [0.717, 1.165) is 59.6 Å². The zero-order valence-corrected chi connectivity index (χ0v) is 22.9. The summed E-state index contributed by atoms with van der Waals surface area (Å²) in [5.74, 6) is 3.79. The fourth-order valence-corrected chi connectivity index (χ4v) is 4.60. The molecule has 8 heteroatoms. The van der Waals surface area contributed by atoms with Crippen molar-refractivity contribution in [3.8, 4) is 23.0 Å². The second kappa shape index (κ2) is 14.1. The highest BCUT2D eigenvalue weighted by atomic mass is 16.5. The van der Waals surface area contributed by atoms with Crippen LogP contribution in [0.15, 0.2) is 66.7 Å². The molecule has 0 atom stereocenters. The van der Waals surface area contributed by atoms with Gasteiger partial charge in [-0.05, 0) is 54.8 Å². The van der Waals surface area contributed by atoms with E-state index in [1.165, 1.54) is 0 Å². The van der Waals surface area contributed by atoms with Gasteiger partial charge in [-0.25, -0.2) is 4.98 Å². The summed E-state index contributed by atoms with van der Waals surface area (Å²) in [4.78, 5) is 17.3. The van der Waals surface area contributed by atoms with Gasteiger partial charge in [0.15, 0.2) is 23.0 Å². The lowest BCUT2D eigenvalue weighted by atomic mass is 10.1. The van der Waals surface area contributed by atoms with E-state index in [1.54, 1.807) is 21.3 Å². The minimum Gasteiger partial charge on any atom is -0.493 e. The second-order valence-electron chi connectivity index (χ2n) is 9.19. The van der Waals surface area contributed by atoms with Gasteiger partial charge in [-0.2, -0.15) is 0 Å². The number of ether oxygens (including phenoxy) is 4. The molecule has 0 aliphatic heterocycles. The first-order valence-corrected chi connectivity index (χ1v) is 13.3. The number of fused-ring (bicyclic) bond motifs is 1. The molecule has 4 aromatic rings. The summed E-state index contributed by atoms with van der Waals surface area (Å²) in [7, 11) is 4.83. The van der Waals surface area contributed by atoms with Crippen LogP contribution in [0.1, 0.15) is 30.7 Å². The molecule has 0 saturated carbocycles. The highest BCUT2D eigenvalue weighted by Crippen LogP contribution is 2.28. The predicted molar refractivity (Wildman–Crippen MR) is 152 cm³/mol. The van der Waals surface area contributed by atoms with Crippen molar-refractivity contribution in [2.45, 2.75) is 38.6 Å². The Morgan fingerprint density at radius 2 is 1.54 bits per heavy atom. The molecule has 0 spiro atoms. The van der Waals surface area contributed by atoms with E-state index in [9.17, 15) is 4.79 Å². The van der Waals surface area contributed by atoms with Crippen molar-refractivity contribution in [3.05, 3.63) is 78.1 Å². The van der Waals surface area contributed by atoms with Crippen molar-refractivity contribution in [1.29, 1.82) is 0 Å². The van der Waals surface area contributed by atoms with Crippen LogP contribution in [0.25, 0.3) is 11.0 Å². The van der Waals surface area contributed by atoms with Gasteiger partial charge in [0.2, 0.25) is 5.91 Å². The lowest BCUT2D eigenvalue weighted by Crippen LogP contribution is -2.26. The van der Waals surface area contributed by atoms with Gasteiger partial charge in [0.25, 0.3) is 0 Å². The smallest absolute Gasteiger partial charge is 0.224 e. The Kier molecular flexibility index (Phi) is 10.1. The van der Waals surface area contributed by atoms with E-state index in [-0.39, 0.29) is 5.91 Å². The number of hydrogen-bond acceptors (Lipinski definition) is 6. The zero-order valence-electron chi connectivity index (χ0n) is 22.9. The predicted octanol–water partition coefficient (Wildman–Crippen LogP) is 5.21. The van der Waals surface area contributed by atoms with Crippen LogP contribution in [-0.2, 0) is 24.2 Å². The Morgan fingerprint density at radius 1 is 0.821 bits per heavy atom. The number of unbranched alkanes of at least 4 members (excludes halogenated alkanes) is 2. The SMILES string of the molecule is COc1ccc(CC(=O)NCCCCCc2nc3ccccc3n2CCOc2ccccc2OC)cc1OC. The number of benzene rings is 3. The van der Waals surface area contributed by atoms with Crippen LogP contribution in [0.4, 0.5) is 0 Å². The number of imidazole rings is 1. The van der Waals surface area contributed by atoms with Crippen LogP contribution in [-0.4, -0.2) is 49.9 Å². The molecule has 1 heterocycles. The topological polar surface area (TPSA) is 83.8 Å². The maximum Gasteiger partial charge on any atom is 0.224 e. The number of methoxy groups -OCH3 is 3. The third-order valence-electron chi connectivity index (χ3n) is 6.59. The molecule has 0 unspecified atom stereocenters. The first-order chi connectivity index (χ1) is 19.1. The molecule has 0 aliphatic carbocycles. The molecule has 0 bridgehead atoms. The van der Waals surface area contributed by atoms with Crippen molar-refractivity contribution in [2.24, 2.45) is 0 Å². The van der Waals surface area contributed by atoms with Crippen LogP contribution in [0.5, 0.6) is 23.0 Å². The number of nitrogens with one attached hydrogen (secondary N) is 1. The van der Waals surface area contributed by atoms with Gasteiger partial charge < -0.3 is 28.8 Å². The summed E-state index contributed by atoms with van der Waals surface area (Å²) in [6, 6.07) is 21.4. The molecule has 0 aliphatic rings. The molecule has 0 radical (unpaired) electrons. The molecule has 39 heavy (non-hydrogen) atoms. The molecule has 0 saturated heterocycles. The maximum atomic E-state index is 12.4. The first-order valence-electron chi connectivity index (χ1n) is 13.3. The van der Waals surface area contributed by atoms with Gasteiger partial charge in [-0.15, -0.1) is 0 Å². The summed E-state index contributed by atoms with van der Waals surface area (Å²) in [6.07, 6.45) is 4.07. The molecule has 206 valence electrons. The summed E-state index contributed by atoms with van der Waals surface area (Å²) >= 11 is 0.